The summed E-state index contributed by atoms with van der Waals surface area (Å²) in [5.41, 5.74) is 1.24. The number of likely N-dealkylation sites (N-methyl/N-ethyl adjacent to an activating group) is 1. The average Bonchev–Trinajstić information content (AvgIpc) is 3.27. The van der Waals surface area contributed by atoms with Crippen LogP contribution < -0.4 is 5.56 Å². The maximum Gasteiger partial charge on any atom is 0.274 e. The van der Waals surface area contributed by atoms with Gasteiger partial charge in [-0.25, -0.2) is 4.68 Å². The van der Waals surface area contributed by atoms with Crippen LogP contribution in [-0.4, -0.2) is 37.8 Å². The first-order chi connectivity index (χ1) is 15.0. The molecule has 0 aliphatic rings. The summed E-state index contributed by atoms with van der Waals surface area (Å²) in [6.07, 6.45) is 0. The van der Waals surface area contributed by atoms with E-state index in [1.165, 1.54) is 9.58 Å². The van der Waals surface area contributed by atoms with Gasteiger partial charge in [0.15, 0.2) is 0 Å². The average molecular weight is 417 g/mol. The normalized spacial score (nSPS) is 12.1. The maximum absolute atomic E-state index is 13.2. The molecule has 1 amide bonds. The summed E-state index contributed by atoms with van der Waals surface area (Å²) in [6.45, 7) is 4.25. The van der Waals surface area contributed by atoms with Crippen LogP contribution in [0, 0.1) is 0 Å². The number of carbonyl (C=O) groups is 1. The molecule has 0 bridgehead atoms. The van der Waals surface area contributed by atoms with Crippen molar-refractivity contribution < 1.29 is 9.21 Å². The summed E-state index contributed by atoms with van der Waals surface area (Å²) in [6, 6.07) is 16.7. The molecule has 31 heavy (non-hydrogen) atoms. The van der Waals surface area contributed by atoms with Crippen LogP contribution in [0.4, 0.5) is 0 Å². The minimum Gasteiger partial charge on any atom is -0.419 e. The van der Waals surface area contributed by atoms with Gasteiger partial charge in [0.1, 0.15) is 0 Å². The Balaban J connectivity index is 1.58. The third-order valence-corrected chi connectivity index (χ3v) is 5.21. The molecule has 8 nitrogen and oxygen atoms in total. The van der Waals surface area contributed by atoms with Gasteiger partial charge in [0.05, 0.1) is 23.5 Å². The molecule has 0 aliphatic carbocycles. The standard InChI is InChI=1S/C23H23N5O3/c1-4-28-23(30)18-13-9-8-12-17(18)20(26-28)15(2)22(29)27(3)14-19-24-25-21(31-19)16-10-6-5-7-11-16/h5-13,15H,4,14H2,1-3H3/t15-/m0/s1. The molecule has 4 rings (SSSR count). The van der Waals surface area contributed by atoms with E-state index in [1.54, 1.807) is 20.0 Å². The monoisotopic (exact) mass is 417 g/mol. The summed E-state index contributed by atoms with van der Waals surface area (Å²) in [5.74, 6) is 0.0497. The minimum absolute atomic E-state index is 0.154. The maximum atomic E-state index is 13.2. The van der Waals surface area contributed by atoms with E-state index in [0.717, 1.165) is 5.56 Å². The molecule has 0 N–H and O–H groups in total. The van der Waals surface area contributed by atoms with Crippen molar-refractivity contribution in [3.63, 3.8) is 0 Å². The Morgan fingerprint density at radius 1 is 1.06 bits per heavy atom. The second-order valence-electron chi connectivity index (χ2n) is 7.33. The van der Waals surface area contributed by atoms with Gasteiger partial charge in [-0.15, -0.1) is 10.2 Å². The number of hydrogen-bond donors (Lipinski definition) is 0. The van der Waals surface area contributed by atoms with Crippen LogP contribution in [0.15, 0.2) is 63.8 Å². The third kappa shape index (κ3) is 3.96. The molecule has 0 fully saturated rings. The van der Waals surface area contributed by atoms with Gasteiger partial charge >= 0.3 is 0 Å². The van der Waals surface area contributed by atoms with Crippen molar-refractivity contribution in [3.8, 4) is 11.5 Å². The molecule has 4 aromatic rings. The predicted octanol–water partition coefficient (Wildman–Crippen LogP) is 3.23. The molecule has 2 aromatic carbocycles. The minimum atomic E-state index is -0.551. The van der Waals surface area contributed by atoms with Crippen molar-refractivity contribution in [2.45, 2.75) is 32.9 Å². The second-order valence-corrected chi connectivity index (χ2v) is 7.33. The lowest BCUT2D eigenvalue weighted by molar-refractivity contribution is -0.132. The number of fused-ring (bicyclic) bond motifs is 1. The summed E-state index contributed by atoms with van der Waals surface area (Å²) in [4.78, 5) is 27.3. The topological polar surface area (TPSA) is 94.1 Å². The zero-order chi connectivity index (χ0) is 22.0. The zero-order valence-corrected chi connectivity index (χ0v) is 17.6. The lowest BCUT2D eigenvalue weighted by Gasteiger charge is -2.21. The van der Waals surface area contributed by atoms with E-state index in [1.807, 2.05) is 55.5 Å². The van der Waals surface area contributed by atoms with Crippen molar-refractivity contribution >= 4 is 16.7 Å². The van der Waals surface area contributed by atoms with E-state index in [9.17, 15) is 9.59 Å². The SMILES string of the molecule is CCn1nc([C@H](C)C(=O)N(C)Cc2nnc(-c3ccccc3)o2)c2ccccc2c1=O. The molecule has 0 saturated carbocycles. The first-order valence-corrected chi connectivity index (χ1v) is 10.1. The lowest BCUT2D eigenvalue weighted by Crippen LogP contribution is -2.32. The van der Waals surface area contributed by atoms with Gasteiger partial charge in [0.2, 0.25) is 17.7 Å². The van der Waals surface area contributed by atoms with Gasteiger partial charge < -0.3 is 9.32 Å². The Labute approximate surface area is 179 Å². The molecule has 0 spiro atoms. The van der Waals surface area contributed by atoms with Crippen LogP contribution in [0.1, 0.15) is 31.4 Å². The van der Waals surface area contributed by atoms with Gasteiger partial charge in [-0.1, -0.05) is 36.4 Å². The number of hydrogen-bond acceptors (Lipinski definition) is 6. The number of aryl methyl sites for hydroxylation is 1. The summed E-state index contributed by atoms with van der Waals surface area (Å²) >= 11 is 0. The summed E-state index contributed by atoms with van der Waals surface area (Å²) in [5, 5.41) is 13.9. The van der Waals surface area contributed by atoms with Crippen LogP contribution in [0.2, 0.25) is 0 Å². The fourth-order valence-corrected chi connectivity index (χ4v) is 3.54. The molecular weight excluding hydrogens is 394 g/mol. The summed E-state index contributed by atoms with van der Waals surface area (Å²) in [7, 11) is 1.68. The molecule has 0 unspecified atom stereocenters. The Hall–Kier alpha value is -3.81. The number of rotatable bonds is 6. The Morgan fingerprint density at radius 2 is 1.74 bits per heavy atom. The largest absolute Gasteiger partial charge is 0.419 e. The van der Waals surface area contributed by atoms with E-state index < -0.39 is 5.92 Å². The molecule has 0 radical (unpaired) electrons. The highest BCUT2D eigenvalue weighted by atomic mass is 16.4. The van der Waals surface area contributed by atoms with Crippen LogP contribution in [0.3, 0.4) is 0 Å². The Bertz CT molecular complexity index is 1280. The predicted molar refractivity (Wildman–Crippen MR) is 116 cm³/mol. The van der Waals surface area contributed by atoms with E-state index in [-0.39, 0.29) is 18.0 Å². The van der Waals surface area contributed by atoms with Gasteiger partial charge in [0, 0.05) is 24.5 Å². The Morgan fingerprint density at radius 3 is 2.45 bits per heavy atom. The van der Waals surface area contributed by atoms with Gasteiger partial charge in [0.25, 0.3) is 5.56 Å². The van der Waals surface area contributed by atoms with Crippen molar-refractivity contribution in [1.29, 1.82) is 0 Å². The highest BCUT2D eigenvalue weighted by Crippen LogP contribution is 2.24. The first-order valence-electron chi connectivity index (χ1n) is 10.1. The van der Waals surface area contributed by atoms with Crippen LogP contribution in [-0.2, 0) is 17.9 Å². The van der Waals surface area contributed by atoms with Gasteiger partial charge in [-0.05, 0) is 32.0 Å². The van der Waals surface area contributed by atoms with E-state index in [0.29, 0.717) is 34.8 Å². The number of benzene rings is 2. The van der Waals surface area contributed by atoms with Gasteiger partial charge in [-0.3, -0.25) is 9.59 Å². The van der Waals surface area contributed by atoms with Crippen molar-refractivity contribution in [2.24, 2.45) is 0 Å². The molecule has 158 valence electrons. The van der Waals surface area contributed by atoms with Crippen molar-refractivity contribution in [1.82, 2.24) is 24.9 Å². The highest BCUT2D eigenvalue weighted by molar-refractivity contribution is 5.90. The van der Waals surface area contributed by atoms with E-state index in [2.05, 4.69) is 15.3 Å². The molecule has 8 heteroatoms. The fraction of sp³-hybridized carbons (Fsp3) is 0.261. The molecule has 2 heterocycles. The first kappa shape index (κ1) is 20.5. The quantitative estimate of drug-likeness (QED) is 0.478. The zero-order valence-electron chi connectivity index (χ0n) is 17.6. The molecular formula is C23H23N5O3. The number of nitrogens with zero attached hydrogens (tertiary/aromatic N) is 5. The highest BCUT2D eigenvalue weighted by Gasteiger charge is 2.25. The van der Waals surface area contributed by atoms with Crippen LogP contribution in [0.5, 0.6) is 0 Å². The summed E-state index contributed by atoms with van der Waals surface area (Å²) < 4.78 is 7.12. The number of aromatic nitrogens is 4. The Kier molecular flexibility index (Phi) is 5.62. The molecule has 0 saturated heterocycles. The fourth-order valence-electron chi connectivity index (χ4n) is 3.54. The molecule has 1 atom stereocenters. The van der Waals surface area contributed by atoms with Crippen LogP contribution >= 0.6 is 0 Å². The van der Waals surface area contributed by atoms with Crippen molar-refractivity contribution in [2.75, 3.05) is 7.05 Å². The number of carbonyl (C=O) groups excluding carboxylic acids is 1. The smallest absolute Gasteiger partial charge is 0.274 e. The van der Waals surface area contributed by atoms with Crippen LogP contribution in [0.25, 0.3) is 22.2 Å². The second kappa shape index (κ2) is 8.51. The van der Waals surface area contributed by atoms with E-state index >= 15 is 0 Å². The molecule has 0 aliphatic heterocycles. The molecule has 2 aromatic heterocycles. The lowest BCUT2D eigenvalue weighted by atomic mass is 10.00. The van der Waals surface area contributed by atoms with Crippen molar-refractivity contribution in [3.05, 3.63) is 76.5 Å². The van der Waals surface area contributed by atoms with E-state index in [4.69, 9.17) is 4.42 Å². The third-order valence-electron chi connectivity index (χ3n) is 5.21. The van der Waals surface area contributed by atoms with Gasteiger partial charge in [-0.2, -0.15) is 5.10 Å². The number of amides is 1.